The van der Waals surface area contributed by atoms with Gasteiger partial charge in [0, 0.05) is 37.6 Å². The van der Waals surface area contributed by atoms with E-state index in [4.69, 9.17) is 0 Å². The molecule has 4 heterocycles. The number of pyridine rings is 1. The van der Waals surface area contributed by atoms with Crippen molar-refractivity contribution in [2.75, 3.05) is 26.8 Å². The van der Waals surface area contributed by atoms with Crippen LogP contribution in [0.3, 0.4) is 0 Å². The van der Waals surface area contributed by atoms with Crippen LogP contribution in [0.15, 0.2) is 23.3 Å². The number of hydrogen-bond donors (Lipinski definition) is 2. The maximum absolute atomic E-state index is 14.3. The number of nitrogens with zero attached hydrogens (tertiary/aromatic N) is 4. The molecule has 2 aliphatic heterocycles. The zero-order chi connectivity index (χ0) is 27.5. The molecular formula is C28H40F4N6O. The number of imidazole rings is 1. The molecule has 6 rings (SSSR count). The van der Waals surface area contributed by atoms with Gasteiger partial charge in [-0.05, 0) is 69.0 Å². The van der Waals surface area contributed by atoms with Gasteiger partial charge in [0.2, 0.25) is 0 Å². The highest BCUT2D eigenvalue weighted by Crippen LogP contribution is 2.47. The molecule has 0 amide bonds. The fraction of sp³-hybridized carbons (Fsp3) is 0.750. The Morgan fingerprint density at radius 3 is 2.41 bits per heavy atom. The molecule has 2 aromatic heterocycles. The molecule has 6 atom stereocenters. The molecule has 7 nitrogen and oxygen atoms in total. The van der Waals surface area contributed by atoms with Crippen molar-refractivity contribution in [2.45, 2.75) is 88.9 Å². The Hall–Kier alpha value is -1.95. The van der Waals surface area contributed by atoms with Crippen molar-refractivity contribution >= 4 is 5.52 Å². The first-order valence-electron chi connectivity index (χ1n) is 14.5. The molecule has 0 radical (unpaired) electrons. The highest BCUT2D eigenvalue weighted by molar-refractivity contribution is 5.56. The van der Waals surface area contributed by atoms with E-state index in [-0.39, 0.29) is 24.3 Å². The number of nitrogens with one attached hydrogen (secondary N) is 2. The van der Waals surface area contributed by atoms with Crippen molar-refractivity contribution in [1.29, 1.82) is 0 Å². The predicted molar refractivity (Wildman–Crippen MR) is 141 cm³/mol. The molecule has 11 heteroatoms. The van der Waals surface area contributed by atoms with Crippen LogP contribution in [0.4, 0.5) is 17.6 Å². The van der Waals surface area contributed by atoms with Gasteiger partial charge in [0.15, 0.2) is 0 Å². The average molecular weight is 553 g/mol. The monoisotopic (exact) mass is 552 g/mol. The summed E-state index contributed by atoms with van der Waals surface area (Å²) in [7, 11) is 2.11. The Balaban J connectivity index is 1.33. The summed E-state index contributed by atoms with van der Waals surface area (Å²) in [5, 5.41) is 0. The SMILES string of the molecule is C[C@H](c1cc(C(F)(F)F)c2cn(C3CCCC([C@@H](C4CCC4)C4NNCN4C)C3)c(=O)n2c1)N1CC[C@H](F)C1. The molecule has 4 fully saturated rings. The Bertz CT molecular complexity index is 1240. The van der Waals surface area contributed by atoms with Crippen LogP contribution in [0.5, 0.6) is 0 Å². The molecule has 216 valence electrons. The molecule has 39 heavy (non-hydrogen) atoms. The quantitative estimate of drug-likeness (QED) is 0.509. The summed E-state index contributed by atoms with van der Waals surface area (Å²) >= 11 is 0. The van der Waals surface area contributed by atoms with E-state index in [9.17, 15) is 22.4 Å². The van der Waals surface area contributed by atoms with E-state index in [1.807, 2.05) is 4.90 Å². The minimum Gasteiger partial charge on any atom is -0.295 e. The predicted octanol–water partition coefficient (Wildman–Crippen LogP) is 4.70. The summed E-state index contributed by atoms with van der Waals surface area (Å²) in [6, 6.07) is 0.602. The number of alkyl halides is 4. The molecule has 0 spiro atoms. The van der Waals surface area contributed by atoms with E-state index in [2.05, 4.69) is 22.8 Å². The first-order valence-corrected chi connectivity index (χ1v) is 14.5. The lowest BCUT2D eigenvalue weighted by Crippen LogP contribution is -2.50. The highest BCUT2D eigenvalue weighted by atomic mass is 19.4. The normalized spacial score (nSPS) is 31.1. The van der Waals surface area contributed by atoms with Gasteiger partial charge in [0.25, 0.3) is 0 Å². The molecule has 0 bridgehead atoms. The van der Waals surface area contributed by atoms with Crippen LogP contribution >= 0.6 is 0 Å². The van der Waals surface area contributed by atoms with Crippen molar-refractivity contribution in [2.24, 2.45) is 17.8 Å². The Morgan fingerprint density at radius 1 is 1.05 bits per heavy atom. The summed E-state index contributed by atoms with van der Waals surface area (Å²) in [6.45, 7) is 3.25. The summed E-state index contributed by atoms with van der Waals surface area (Å²) < 4.78 is 59.4. The first kappa shape index (κ1) is 27.2. The fourth-order valence-corrected chi connectivity index (χ4v) is 7.65. The van der Waals surface area contributed by atoms with Crippen molar-refractivity contribution in [3.05, 3.63) is 40.1 Å². The van der Waals surface area contributed by atoms with Crippen molar-refractivity contribution in [1.82, 2.24) is 29.6 Å². The van der Waals surface area contributed by atoms with E-state index in [1.165, 1.54) is 29.9 Å². The molecule has 2 N–H and O–H groups in total. The lowest BCUT2D eigenvalue weighted by molar-refractivity contribution is -0.136. The van der Waals surface area contributed by atoms with E-state index in [0.717, 1.165) is 38.4 Å². The second-order valence-electron chi connectivity index (χ2n) is 12.3. The minimum atomic E-state index is -4.61. The lowest BCUT2D eigenvalue weighted by atomic mass is 9.65. The molecule has 0 aromatic carbocycles. The zero-order valence-electron chi connectivity index (χ0n) is 22.8. The molecule has 4 aliphatic rings. The van der Waals surface area contributed by atoms with Crippen LogP contribution in [-0.2, 0) is 6.18 Å². The molecule has 2 aliphatic carbocycles. The highest BCUT2D eigenvalue weighted by Gasteiger charge is 2.44. The second kappa shape index (κ2) is 10.5. The Labute approximate surface area is 226 Å². The van der Waals surface area contributed by atoms with Crippen LogP contribution in [0.2, 0.25) is 0 Å². The van der Waals surface area contributed by atoms with E-state index in [0.29, 0.717) is 36.3 Å². The zero-order valence-corrected chi connectivity index (χ0v) is 22.8. The number of halogens is 4. The van der Waals surface area contributed by atoms with Gasteiger partial charge in [0.1, 0.15) is 6.17 Å². The molecule has 2 saturated carbocycles. The third kappa shape index (κ3) is 5.04. The van der Waals surface area contributed by atoms with Gasteiger partial charge in [-0.25, -0.2) is 20.0 Å². The van der Waals surface area contributed by atoms with Crippen LogP contribution < -0.4 is 16.5 Å². The summed E-state index contributed by atoms with van der Waals surface area (Å²) in [5.74, 6) is 1.46. The number of hydrogen-bond acceptors (Lipinski definition) is 5. The van der Waals surface area contributed by atoms with Gasteiger partial charge in [0.05, 0.1) is 23.9 Å². The van der Waals surface area contributed by atoms with Crippen LogP contribution in [0.1, 0.15) is 81.5 Å². The summed E-state index contributed by atoms with van der Waals surface area (Å²) in [5.41, 5.74) is 5.78. The summed E-state index contributed by atoms with van der Waals surface area (Å²) in [4.78, 5) is 17.8. The standard InChI is InChI=1S/C28H40F4N6O/c1-17(36-10-9-21(29)14-36)20-12-23(28(30,31)32)24-15-37(27(39)38(24)13-20)22-8-4-7-19(11-22)25(18-5-3-6-18)26-34-33-16-35(26)2/h12-13,15,17-19,21-22,25-26,33-34H,3-11,14,16H2,1-2H3/t17-,19?,21+,22?,25-,26?/m1/s1. The van der Waals surface area contributed by atoms with Crippen LogP contribution in [0, 0.1) is 17.8 Å². The number of hydrazine groups is 1. The largest absolute Gasteiger partial charge is 0.418 e. The number of fused-ring (bicyclic) bond motifs is 1. The summed E-state index contributed by atoms with van der Waals surface area (Å²) in [6.07, 6.45) is 5.27. The minimum absolute atomic E-state index is 0.104. The van der Waals surface area contributed by atoms with Crippen molar-refractivity contribution in [3.63, 3.8) is 0 Å². The fourth-order valence-electron chi connectivity index (χ4n) is 7.65. The maximum atomic E-state index is 14.3. The smallest absolute Gasteiger partial charge is 0.295 e. The number of rotatable bonds is 6. The first-order chi connectivity index (χ1) is 18.6. The second-order valence-corrected chi connectivity index (χ2v) is 12.3. The third-order valence-electron chi connectivity index (χ3n) is 10.0. The van der Waals surface area contributed by atoms with Crippen molar-refractivity contribution < 1.29 is 17.6 Å². The Morgan fingerprint density at radius 2 is 1.79 bits per heavy atom. The number of aromatic nitrogens is 2. The molecule has 2 aromatic rings. The average Bonchev–Trinajstić information content (AvgIpc) is 3.58. The van der Waals surface area contributed by atoms with Gasteiger partial charge in [-0.1, -0.05) is 25.7 Å². The Kier molecular flexibility index (Phi) is 7.31. The number of likely N-dealkylation sites (tertiary alicyclic amines) is 1. The van der Waals surface area contributed by atoms with Gasteiger partial charge in [-0.15, -0.1) is 0 Å². The van der Waals surface area contributed by atoms with E-state index in [1.54, 1.807) is 17.7 Å². The van der Waals surface area contributed by atoms with Gasteiger partial charge in [-0.3, -0.25) is 18.8 Å². The van der Waals surface area contributed by atoms with E-state index < -0.39 is 29.6 Å². The van der Waals surface area contributed by atoms with E-state index >= 15 is 0 Å². The lowest BCUT2D eigenvalue weighted by Gasteiger charge is -2.46. The molecule has 2 saturated heterocycles. The molecular weight excluding hydrogens is 512 g/mol. The van der Waals surface area contributed by atoms with Crippen LogP contribution in [0.25, 0.3) is 5.52 Å². The van der Waals surface area contributed by atoms with Gasteiger partial charge < -0.3 is 0 Å². The third-order valence-corrected chi connectivity index (χ3v) is 10.0. The maximum Gasteiger partial charge on any atom is 0.418 e. The van der Waals surface area contributed by atoms with Crippen molar-refractivity contribution in [3.8, 4) is 0 Å². The van der Waals surface area contributed by atoms with Gasteiger partial charge >= 0.3 is 11.9 Å². The molecule has 3 unspecified atom stereocenters. The van der Waals surface area contributed by atoms with Gasteiger partial charge in [-0.2, -0.15) is 13.2 Å². The topological polar surface area (TPSA) is 57.0 Å². The van der Waals surface area contributed by atoms with Crippen LogP contribution in [-0.4, -0.2) is 57.9 Å².